The number of amides is 1. The zero-order valence-corrected chi connectivity index (χ0v) is 20.2. The van der Waals surface area contributed by atoms with Crippen molar-refractivity contribution in [3.8, 4) is 22.8 Å². The van der Waals surface area contributed by atoms with E-state index in [1.165, 1.54) is 5.56 Å². The van der Waals surface area contributed by atoms with Crippen molar-refractivity contribution >= 4 is 5.91 Å². The molecule has 178 valence electrons. The first-order valence-corrected chi connectivity index (χ1v) is 11.9. The molecular weight excluding hydrogens is 438 g/mol. The van der Waals surface area contributed by atoms with Crippen LogP contribution >= 0.6 is 0 Å². The Bertz CT molecular complexity index is 1330. The number of nitrogens with one attached hydrogen (secondary N) is 1. The highest BCUT2D eigenvalue weighted by molar-refractivity contribution is 6.00. The number of carbonyl (C=O) groups excluding carboxylic acids is 1. The molecular formula is C29H29N3O3. The van der Waals surface area contributed by atoms with E-state index in [0.717, 1.165) is 45.9 Å². The van der Waals surface area contributed by atoms with E-state index in [1.807, 2.05) is 47.4 Å². The average Bonchev–Trinajstić information content (AvgIpc) is 3.43. The maximum atomic E-state index is 13.7. The lowest BCUT2D eigenvalue weighted by Crippen LogP contribution is -2.29. The van der Waals surface area contributed by atoms with Crippen molar-refractivity contribution < 1.29 is 14.3 Å². The smallest absolute Gasteiger partial charge is 0.273 e. The third kappa shape index (κ3) is 4.39. The Morgan fingerprint density at radius 1 is 1.00 bits per heavy atom. The van der Waals surface area contributed by atoms with Crippen LogP contribution in [0.4, 0.5) is 0 Å². The summed E-state index contributed by atoms with van der Waals surface area (Å²) in [5.41, 5.74) is 6.39. The van der Waals surface area contributed by atoms with Crippen molar-refractivity contribution in [2.45, 2.75) is 32.9 Å². The van der Waals surface area contributed by atoms with E-state index in [4.69, 9.17) is 9.47 Å². The van der Waals surface area contributed by atoms with Gasteiger partial charge in [0, 0.05) is 17.7 Å². The molecule has 0 spiro atoms. The van der Waals surface area contributed by atoms with Gasteiger partial charge in [-0.15, -0.1) is 0 Å². The van der Waals surface area contributed by atoms with Crippen LogP contribution in [0.25, 0.3) is 11.3 Å². The third-order valence-corrected chi connectivity index (χ3v) is 6.35. The van der Waals surface area contributed by atoms with Gasteiger partial charge in [-0.1, -0.05) is 48.9 Å². The van der Waals surface area contributed by atoms with Gasteiger partial charge in [0.05, 0.1) is 25.5 Å². The zero-order chi connectivity index (χ0) is 24.4. The van der Waals surface area contributed by atoms with Crippen LogP contribution < -0.4 is 9.47 Å². The largest absolute Gasteiger partial charge is 0.497 e. The number of rotatable bonds is 8. The Hall–Kier alpha value is -4.06. The number of aryl methyl sites for hydroxylation is 1. The maximum Gasteiger partial charge on any atom is 0.273 e. The number of hydrogen-bond donors (Lipinski definition) is 1. The molecule has 1 unspecified atom stereocenters. The van der Waals surface area contributed by atoms with Gasteiger partial charge in [0.15, 0.2) is 0 Å². The number of nitrogens with zero attached hydrogens (tertiary/aromatic N) is 2. The van der Waals surface area contributed by atoms with Crippen molar-refractivity contribution in [1.29, 1.82) is 0 Å². The van der Waals surface area contributed by atoms with E-state index in [2.05, 4.69) is 54.4 Å². The molecule has 1 aliphatic heterocycles. The molecule has 6 heteroatoms. The number of fused-ring (bicyclic) bond motifs is 1. The molecule has 0 fully saturated rings. The number of methoxy groups -OCH3 is 1. The van der Waals surface area contributed by atoms with E-state index < -0.39 is 0 Å². The number of benzene rings is 3. The van der Waals surface area contributed by atoms with E-state index in [0.29, 0.717) is 18.8 Å². The molecule has 0 aliphatic carbocycles. The molecule has 1 aliphatic rings. The molecule has 0 radical (unpaired) electrons. The minimum atomic E-state index is -0.292. The normalized spacial score (nSPS) is 14.8. The quantitative estimate of drug-likeness (QED) is 0.349. The van der Waals surface area contributed by atoms with Crippen LogP contribution in [0.3, 0.4) is 0 Å². The first-order valence-electron chi connectivity index (χ1n) is 11.9. The van der Waals surface area contributed by atoms with Crippen LogP contribution in [0, 0.1) is 6.92 Å². The van der Waals surface area contributed by atoms with Gasteiger partial charge in [0.25, 0.3) is 5.91 Å². The van der Waals surface area contributed by atoms with Crippen LogP contribution in [0.2, 0.25) is 0 Å². The van der Waals surface area contributed by atoms with Crippen molar-refractivity contribution in [3.63, 3.8) is 0 Å². The van der Waals surface area contributed by atoms with Crippen molar-refractivity contribution in [2.24, 2.45) is 0 Å². The van der Waals surface area contributed by atoms with Gasteiger partial charge in [0.1, 0.15) is 17.2 Å². The molecule has 35 heavy (non-hydrogen) atoms. The van der Waals surface area contributed by atoms with E-state index in [1.54, 1.807) is 7.11 Å². The van der Waals surface area contributed by atoms with Crippen molar-refractivity contribution in [1.82, 2.24) is 15.1 Å². The summed E-state index contributed by atoms with van der Waals surface area (Å²) < 4.78 is 11.2. The van der Waals surface area contributed by atoms with Crippen LogP contribution in [0.5, 0.6) is 11.5 Å². The second-order valence-electron chi connectivity index (χ2n) is 8.83. The predicted molar refractivity (Wildman–Crippen MR) is 136 cm³/mol. The van der Waals surface area contributed by atoms with Gasteiger partial charge in [0.2, 0.25) is 0 Å². The first kappa shape index (κ1) is 22.7. The molecule has 0 saturated carbocycles. The summed E-state index contributed by atoms with van der Waals surface area (Å²) in [7, 11) is 1.65. The Kier molecular flexibility index (Phi) is 6.27. The highest BCUT2D eigenvalue weighted by atomic mass is 16.5. The number of hydrogen-bond acceptors (Lipinski definition) is 4. The lowest BCUT2D eigenvalue weighted by Gasteiger charge is -2.27. The van der Waals surface area contributed by atoms with Crippen LogP contribution in [-0.4, -0.2) is 34.7 Å². The fourth-order valence-corrected chi connectivity index (χ4v) is 4.56. The van der Waals surface area contributed by atoms with Gasteiger partial charge >= 0.3 is 0 Å². The SMILES string of the molecule is CCCOc1cccc(C2c3c(-c4ccc(OC)cc4)n[nH]c3C(=O)N2Cc2ccc(C)cc2)c1. The molecule has 3 aromatic carbocycles. The van der Waals surface area contributed by atoms with Gasteiger partial charge in [-0.2, -0.15) is 5.10 Å². The summed E-state index contributed by atoms with van der Waals surface area (Å²) in [4.78, 5) is 15.6. The maximum absolute atomic E-state index is 13.7. The van der Waals surface area contributed by atoms with Gasteiger partial charge in [-0.25, -0.2) is 0 Å². The Labute approximate surface area is 205 Å². The lowest BCUT2D eigenvalue weighted by atomic mass is 9.95. The molecule has 1 aromatic heterocycles. The zero-order valence-electron chi connectivity index (χ0n) is 20.2. The van der Waals surface area contributed by atoms with E-state index in [9.17, 15) is 4.79 Å². The standard InChI is InChI=1S/C29H29N3O3/c1-4-16-35-24-7-5-6-22(17-24)28-25-26(21-12-14-23(34-3)15-13-21)30-31-27(25)29(33)32(28)18-20-10-8-19(2)9-11-20/h5-15,17,28H,4,16,18H2,1-3H3,(H,30,31). The highest BCUT2D eigenvalue weighted by Crippen LogP contribution is 2.44. The monoisotopic (exact) mass is 467 g/mol. The second-order valence-corrected chi connectivity index (χ2v) is 8.83. The summed E-state index contributed by atoms with van der Waals surface area (Å²) in [6.07, 6.45) is 0.930. The lowest BCUT2D eigenvalue weighted by molar-refractivity contribution is 0.0730. The minimum Gasteiger partial charge on any atom is -0.497 e. The second kappa shape index (κ2) is 9.66. The van der Waals surface area contributed by atoms with Gasteiger partial charge in [-0.05, 0) is 60.9 Å². The summed E-state index contributed by atoms with van der Waals surface area (Å²) in [6, 6.07) is 23.8. The topological polar surface area (TPSA) is 67.5 Å². The fourth-order valence-electron chi connectivity index (χ4n) is 4.56. The van der Waals surface area contributed by atoms with Crippen LogP contribution in [-0.2, 0) is 6.54 Å². The Balaban J connectivity index is 1.60. The number of ether oxygens (including phenoxy) is 2. The summed E-state index contributed by atoms with van der Waals surface area (Å²) in [6.45, 7) is 5.29. The highest BCUT2D eigenvalue weighted by Gasteiger charge is 2.42. The molecule has 1 amide bonds. The summed E-state index contributed by atoms with van der Waals surface area (Å²) >= 11 is 0. The summed E-state index contributed by atoms with van der Waals surface area (Å²) in [5.74, 6) is 1.52. The molecule has 6 nitrogen and oxygen atoms in total. The third-order valence-electron chi connectivity index (χ3n) is 6.35. The fraction of sp³-hybridized carbons (Fsp3) is 0.241. The Morgan fingerprint density at radius 3 is 2.49 bits per heavy atom. The number of aromatic nitrogens is 2. The predicted octanol–water partition coefficient (Wildman–Crippen LogP) is 5.93. The molecule has 2 heterocycles. The molecule has 1 N–H and O–H groups in total. The Morgan fingerprint density at radius 2 is 1.77 bits per heavy atom. The van der Waals surface area contributed by atoms with E-state index >= 15 is 0 Å². The average molecular weight is 468 g/mol. The number of H-pyrrole nitrogens is 1. The van der Waals surface area contributed by atoms with E-state index in [-0.39, 0.29) is 11.9 Å². The first-order chi connectivity index (χ1) is 17.1. The van der Waals surface area contributed by atoms with Crippen LogP contribution in [0.15, 0.2) is 72.8 Å². The molecule has 1 atom stereocenters. The summed E-state index contributed by atoms with van der Waals surface area (Å²) in [5, 5.41) is 7.60. The minimum absolute atomic E-state index is 0.0577. The van der Waals surface area contributed by atoms with Crippen molar-refractivity contribution in [3.05, 3.63) is 101 Å². The van der Waals surface area contributed by atoms with Crippen LogP contribution in [0.1, 0.15) is 52.1 Å². The molecule has 0 saturated heterocycles. The number of aromatic amines is 1. The van der Waals surface area contributed by atoms with Crippen molar-refractivity contribution in [2.75, 3.05) is 13.7 Å². The van der Waals surface area contributed by atoms with Gasteiger partial charge in [-0.3, -0.25) is 9.89 Å². The molecule has 5 rings (SSSR count). The van der Waals surface area contributed by atoms with Gasteiger partial charge < -0.3 is 14.4 Å². The molecule has 0 bridgehead atoms. The number of carbonyl (C=O) groups is 1. The molecule has 4 aromatic rings.